The van der Waals surface area contributed by atoms with Gasteiger partial charge in [-0.15, -0.1) is 0 Å². The van der Waals surface area contributed by atoms with E-state index in [-0.39, 0.29) is 0 Å². The van der Waals surface area contributed by atoms with Crippen molar-refractivity contribution in [3.8, 4) is 0 Å². The van der Waals surface area contributed by atoms with E-state index in [1.165, 1.54) is 0 Å². The number of rotatable bonds is 2. The van der Waals surface area contributed by atoms with Crippen molar-refractivity contribution in [3.63, 3.8) is 0 Å². The standard InChI is InChI=1S/C10H12N2.C2H6/c1-3-8-5-4-6-9(12)10(8)7(2)11;1-2/h3-6H,1-2,11-12H2;1-2H3. The van der Waals surface area contributed by atoms with Gasteiger partial charge in [0.2, 0.25) is 0 Å². The van der Waals surface area contributed by atoms with E-state index >= 15 is 0 Å². The average molecular weight is 190 g/mol. The number of nitrogens with two attached hydrogens (primary N) is 2. The minimum Gasteiger partial charge on any atom is -0.399 e. The normalized spacial score (nSPS) is 8.43. The first-order valence-corrected chi connectivity index (χ1v) is 4.62. The number of nitrogen functional groups attached to an aromatic ring is 1. The Morgan fingerprint density at radius 3 is 2.29 bits per heavy atom. The van der Waals surface area contributed by atoms with Gasteiger partial charge >= 0.3 is 0 Å². The Morgan fingerprint density at radius 2 is 1.93 bits per heavy atom. The lowest BCUT2D eigenvalue weighted by Crippen LogP contribution is -2.01. The summed E-state index contributed by atoms with van der Waals surface area (Å²) in [6.07, 6.45) is 1.71. The van der Waals surface area contributed by atoms with E-state index < -0.39 is 0 Å². The fourth-order valence-corrected chi connectivity index (χ4v) is 1.13. The molecule has 0 aliphatic carbocycles. The van der Waals surface area contributed by atoms with Crippen LogP contribution in [0.3, 0.4) is 0 Å². The first kappa shape index (κ1) is 12.3. The van der Waals surface area contributed by atoms with Gasteiger partial charge in [-0.1, -0.05) is 45.2 Å². The highest BCUT2D eigenvalue weighted by Gasteiger charge is 2.03. The van der Waals surface area contributed by atoms with Gasteiger partial charge in [0.25, 0.3) is 0 Å². The molecule has 0 aromatic heterocycles. The molecule has 2 nitrogen and oxygen atoms in total. The molecule has 0 saturated heterocycles. The number of anilines is 1. The summed E-state index contributed by atoms with van der Waals surface area (Å²) in [6, 6.07) is 5.55. The maximum absolute atomic E-state index is 5.71. The van der Waals surface area contributed by atoms with Gasteiger partial charge in [0.15, 0.2) is 0 Å². The quantitative estimate of drug-likeness (QED) is 0.704. The van der Waals surface area contributed by atoms with Crippen molar-refractivity contribution >= 4 is 17.5 Å². The number of hydrogen-bond acceptors (Lipinski definition) is 2. The van der Waals surface area contributed by atoms with Crippen molar-refractivity contribution < 1.29 is 0 Å². The highest BCUT2D eigenvalue weighted by Crippen LogP contribution is 2.21. The van der Waals surface area contributed by atoms with Gasteiger partial charge in [-0.3, -0.25) is 0 Å². The van der Waals surface area contributed by atoms with Crippen molar-refractivity contribution in [2.75, 3.05) is 5.73 Å². The topological polar surface area (TPSA) is 52.0 Å². The van der Waals surface area contributed by atoms with Gasteiger partial charge in [0, 0.05) is 16.9 Å². The van der Waals surface area contributed by atoms with Crippen molar-refractivity contribution in [2.45, 2.75) is 13.8 Å². The maximum Gasteiger partial charge on any atom is 0.0414 e. The molecule has 0 heterocycles. The summed E-state index contributed by atoms with van der Waals surface area (Å²) in [5.74, 6) is 0. The zero-order valence-electron chi connectivity index (χ0n) is 8.88. The van der Waals surface area contributed by atoms with E-state index in [1.54, 1.807) is 12.1 Å². The molecular weight excluding hydrogens is 172 g/mol. The van der Waals surface area contributed by atoms with Crippen LogP contribution < -0.4 is 11.5 Å². The summed E-state index contributed by atoms with van der Waals surface area (Å²) in [6.45, 7) is 11.3. The average Bonchev–Trinajstić information content (AvgIpc) is 2.19. The van der Waals surface area contributed by atoms with Crippen LogP contribution in [-0.2, 0) is 0 Å². The number of benzene rings is 1. The molecule has 4 N–H and O–H groups in total. The molecule has 0 amide bonds. The lowest BCUT2D eigenvalue weighted by Gasteiger charge is -2.07. The Morgan fingerprint density at radius 1 is 1.36 bits per heavy atom. The van der Waals surface area contributed by atoms with E-state index in [0.29, 0.717) is 11.4 Å². The highest BCUT2D eigenvalue weighted by atomic mass is 14.6. The monoisotopic (exact) mass is 190 g/mol. The summed E-state index contributed by atoms with van der Waals surface area (Å²) < 4.78 is 0. The molecule has 2 heteroatoms. The summed E-state index contributed by atoms with van der Waals surface area (Å²) in [5.41, 5.74) is 14.1. The second-order valence-corrected chi connectivity index (χ2v) is 2.54. The predicted octanol–water partition coefficient (Wildman–Crippen LogP) is 2.87. The molecule has 0 fully saturated rings. The molecule has 0 atom stereocenters. The highest BCUT2D eigenvalue weighted by molar-refractivity contribution is 5.79. The van der Waals surface area contributed by atoms with Crippen LogP contribution in [0.4, 0.5) is 5.69 Å². The van der Waals surface area contributed by atoms with Crippen LogP contribution in [0, 0.1) is 0 Å². The predicted molar refractivity (Wildman–Crippen MR) is 65.5 cm³/mol. The fourth-order valence-electron chi connectivity index (χ4n) is 1.13. The van der Waals surface area contributed by atoms with Crippen LogP contribution in [-0.4, -0.2) is 0 Å². The first-order valence-electron chi connectivity index (χ1n) is 4.62. The van der Waals surface area contributed by atoms with Gasteiger partial charge in [0.05, 0.1) is 0 Å². The van der Waals surface area contributed by atoms with E-state index in [1.807, 2.05) is 26.0 Å². The van der Waals surface area contributed by atoms with Crippen molar-refractivity contribution in [2.24, 2.45) is 5.73 Å². The van der Waals surface area contributed by atoms with Crippen LogP contribution >= 0.6 is 0 Å². The molecule has 0 saturated carbocycles. The van der Waals surface area contributed by atoms with Gasteiger partial charge < -0.3 is 11.5 Å². The lowest BCUT2D eigenvalue weighted by atomic mass is 10.0. The Hall–Kier alpha value is -1.70. The second kappa shape index (κ2) is 5.86. The molecule has 0 aliphatic heterocycles. The third kappa shape index (κ3) is 2.66. The molecule has 0 bridgehead atoms. The largest absolute Gasteiger partial charge is 0.399 e. The lowest BCUT2D eigenvalue weighted by molar-refractivity contribution is 1.50. The van der Waals surface area contributed by atoms with Gasteiger partial charge in [0.1, 0.15) is 0 Å². The molecule has 0 radical (unpaired) electrons. The third-order valence-electron chi connectivity index (χ3n) is 1.67. The molecule has 0 spiro atoms. The Labute approximate surface area is 85.9 Å². The van der Waals surface area contributed by atoms with Crippen LogP contribution in [0.25, 0.3) is 11.8 Å². The minimum atomic E-state index is 0.475. The van der Waals surface area contributed by atoms with Crippen molar-refractivity contribution in [1.29, 1.82) is 0 Å². The van der Waals surface area contributed by atoms with Crippen LogP contribution in [0.1, 0.15) is 25.0 Å². The second-order valence-electron chi connectivity index (χ2n) is 2.54. The van der Waals surface area contributed by atoms with Gasteiger partial charge in [-0.25, -0.2) is 0 Å². The van der Waals surface area contributed by atoms with Crippen LogP contribution in [0.5, 0.6) is 0 Å². The fraction of sp³-hybridized carbons (Fsp3) is 0.167. The summed E-state index contributed by atoms with van der Waals surface area (Å²) >= 11 is 0. The Balaban J connectivity index is 0.000000791. The van der Waals surface area contributed by atoms with E-state index in [9.17, 15) is 0 Å². The molecule has 0 unspecified atom stereocenters. The van der Waals surface area contributed by atoms with Crippen molar-refractivity contribution in [3.05, 3.63) is 42.5 Å². The van der Waals surface area contributed by atoms with Gasteiger partial charge in [-0.2, -0.15) is 0 Å². The molecule has 1 aromatic carbocycles. The SMILES string of the molecule is C=Cc1cccc(N)c1C(=C)N.CC. The molecular formula is C12H18N2. The maximum atomic E-state index is 5.71. The minimum absolute atomic E-state index is 0.475. The van der Waals surface area contributed by atoms with Crippen molar-refractivity contribution in [1.82, 2.24) is 0 Å². The van der Waals surface area contributed by atoms with Crippen LogP contribution in [0.15, 0.2) is 31.4 Å². The van der Waals surface area contributed by atoms with E-state index in [4.69, 9.17) is 11.5 Å². The smallest absolute Gasteiger partial charge is 0.0414 e. The molecule has 14 heavy (non-hydrogen) atoms. The summed E-state index contributed by atoms with van der Waals surface area (Å²) in [4.78, 5) is 0. The Kier molecular flexibility index (Phi) is 5.15. The van der Waals surface area contributed by atoms with Crippen LogP contribution in [0.2, 0.25) is 0 Å². The van der Waals surface area contributed by atoms with Gasteiger partial charge in [-0.05, 0) is 11.6 Å². The first-order chi connectivity index (χ1) is 6.66. The molecule has 0 aliphatic rings. The molecule has 76 valence electrons. The summed E-state index contributed by atoms with van der Waals surface area (Å²) in [7, 11) is 0. The molecule has 1 rings (SSSR count). The third-order valence-corrected chi connectivity index (χ3v) is 1.67. The zero-order valence-corrected chi connectivity index (χ0v) is 8.88. The van der Waals surface area contributed by atoms with E-state index in [0.717, 1.165) is 11.1 Å². The summed E-state index contributed by atoms with van der Waals surface area (Å²) in [5, 5.41) is 0. The number of hydrogen-bond donors (Lipinski definition) is 2. The zero-order chi connectivity index (χ0) is 11.1. The van der Waals surface area contributed by atoms with E-state index in [2.05, 4.69) is 13.2 Å². The molecule has 1 aromatic rings. The Bertz CT molecular complexity index is 327.